The van der Waals surface area contributed by atoms with Gasteiger partial charge in [-0.25, -0.2) is 17.5 Å². The Bertz CT molecular complexity index is 455. The molecule has 0 aliphatic heterocycles. The molecule has 0 heterocycles. The van der Waals surface area contributed by atoms with Crippen LogP contribution in [0.4, 0.5) is 4.39 Å². The van der Waals surface area contributed by atoms with Crippen molar-refractivity contribution < 1.29 is 12.8 Å². The average molecular weight is 317 g/mol. The highest BCUT2D eigenvalue weighted by Crippen LogP contribution is 2.30. The van der Waals surface area contributed by atoms with E-state index in [1.165, 1.54) is 0 Å². The summed E-state index contributed by atoms with van der Waals surface area (Å²) in [5.41, 5.74) is 0. The fourth-order valence-electron chi connectivity index (χ4n) is 1.05. The molecule has 0 fully saturated rings. The molecule has 0 aliphatic rings. The van der Waals surface area contributed by atoms with Gasteiger partial charge in [0, 0.05) is 11.0 Å². The van der Waals surface area contributed by atoms with Crippen molar-refractivity contribution in [2.45, 2.75) is 11.8 Å². The third kappa shape index (κ3) is 2.90. The summed E-state index contributed by atoms with van der Waals surface area (Å²) < 4.78 is 38.5. The molecular weight excluding hydrogens is 309 g/mol. The van der Waals surface area contributed by atoms with Crippen molar-refractivity contribution >= 4 is 37.6 Å². The molecule has 15 heavy (non-hydrogen) atoms. The van der Waals surface area contributed by atoms with Crippen LogP contribution in [0.2, 0.25) is 5.02 Å². The zero-order valence-corrected chi connectivity index (χ0v) is 10.9. The molecule has 1 N–H and O–H groups in total. The van der Waals surface area contributed by atoms with Gasteiger partial charge in [0.2, 0.25) is 10.0 Å². The van der Waals surface area contributed by atoms with E-state index in [0.29, 0.717) is 0 Å². The minimum atomic E-state index is -3.68. The van der Waals surface area contributed by atoms with Crippen LogP contribution >= 0.6 is 27.5 Å². The summed E-state index contributed by atoms with van der Waals surface area (Å²) in [5.74, 6) is -0.595. The number of hydrogen-bond donors (Lipinski definition) is 1. The lowest BCUT2D eigenvalue weighted by Gasteiger charge is -2.08. The van der Waals surface area contributed by atoms with E-state index in [4.69, 9.17) is 11.6 Å². The summed E-state index contributed by atoms with van der Waals surface area (Å²) in [4.78, 5) is -0.146. The minimum absolute atomic E-state index is 0.105. The predicted molar refractivity (Wildman–Crippen MR) is 60.0 cm³/mol. The van der Waals surface area contributed by atoms with Crippen LogP contribution in [0.25, 0.3) is 0 Å². The quantitative estimate of drug-likeness (QED) is 0.931. The van der Waals surface area contributed by atoms with E-state index in [-0.39, 0.29) is 20.9 Å². The monoisotopic (exact) mass is 315 g/mol. The molecule has 1 rings (SSSR count). The van der Waals surface area contributed by atoms with E-state index in [0.717, 1.165) is 12.1 Å². The Labute approximate surface area is 101 Å². The summed E-state index contributed by atoms with van der Waals surface area (Å²) in [7, 11) is -3.68. The number of nitrogens with one attached hydrogen (secondary N) is 1. The van der Waals surface area contributed by atoms with Crippen molar-refractivity contribution in [3.63, 3.8) is 0 Å². The molecule has 0 radical (unpaired) electrons. The molecule has 7 heteroatoms. The minimum Gasteiger partial charge on any atom is -0.211 e. The normalized spacial score (nSPS) is 11.7. The van der Waals surface area contributed by atoms with E-state index >= 15 is 0 Å². The summed E-state index contributed by atoms with van der Waals surface area (Å²) in [6.07, 6.45) is 0. The molecule has 3 nitrogen and oxygen atoms in total. The lowest BCUT2D eigenvalue weighted by atomic mass is 10.3. The van der Waals surface area contributed by atoms with Crippen molar-refractivity contribution in [3.05, 3.63) is 27.4 Å². The van der Waals surface area contributed by atoms with Gasteiger partial charge >= 0.3 is 0 Å². The van der Waals surface area contributed by atoms with Crippen LogP contribution in [0.5, 0.6) is 0 Å². The van der Waals surface area contributed by atoms with Crippen LogP contribution < -0.4 is 4.72 Å². The Morgan fingerprint density at radius 3 is 2.60 bits per heavy atom. The van der Waals surface area contributed by atoms with Crippen molar-refractivity contribution in [2.24, 2.45) is 0 Å². The standard InChI is InChI=1S/C8H8BrClFNO2S/c1-2-12-15(13,14)8-6(9)3-5(11)4-7(8)10/h3-4,12H,2H2,1H3. The number of rotatable bonds is 3. The molecule has 1 aromatic carbocycles. The maximum atomic E-state index is 12.9. The van der Waals surface area contributed by atoms with Gasteiger partial charge in [-0.3, -0.25) is 0 Å². The Hall–Kier alpha value is -0.170. The first kappa shape index (κ1) is 12.9. The number of benzene rings is 1. The van der Waals surface area contributed by atoms with Crippen molar-refractivity contribution in [2.75, 3.05) is 6.54 Å². The van der Waals surface area contributed by atoms with Gasteiger partial charge in [-0.15, -0.1) is 0 Å². The SMILES string of the molecule is CCNS(=O)(=O)c1c(Cl)cc(F)cc1Br. The van der Waals surface area contributed by atoms with Crippen molar-refractivity contribution in [1.29, 1.82) is 0 Å². The molecule has 0 saturated heterocycles. The second-order valence-electron chi connectivity index (χ2n) is 2.70. The van der Waals surface area contributed by atoms with Gasteiger partial charge in [0.15, 0.2) is 0 Å². The molecule has 0 bridgehead atoms. The first-order chi connectivity index (χ1) is 6.88. The van der Waals surface area contributed by atoms with Crippen LogP contribution in [0.15, 0.2) is 21.5 Å². The molecule has 0 aromatic heterocycles. The van der Waals surface area contributed by atoms with E-state index < -0.39 is 15.8 Å². The van der Waals surface area contributed by atoms with Crippen molar-refractivity contribution in [1.82, 2.24) is 4.72 Å². The summed E-state index contributed by atoms with van der Waals surface area (Å²) in [6, 6.07) is 2.01. The summed E-state index contributed by atoms with van der Waals surface area (Å²) in [5, 5.41) is -0.150. The van der Waals surface area contributed by atoms with Gasteiger partial charge in [-0.05, 0) is 28.1 Å². The van der Waals surface area contributed by atoms with E-state index in [9.17, 15) is 12.8 Å². The largest absolute Gasteiger partial charge is 0.243 e. The zero-order chi connectivity index (χ0) is 11.6. The van der Waals surface area contributed by atoms with Gasteiger partial charge in [0.25, 0.3) is 0 Å². The van der Waals surface area contributed by atoms with Gasteiger partial charge < -0.3 is 0 Å². The van der Waals surface area contributed by atoms with Crippen LogP contribution in [-0.2, 0) is 10.0 Å². The second-order valence-corrected chi connectivity index (χ2v) is 5.67. The van der Waals surface area contributed by atoms with E-state index in [1.54, 1.807) is 6.92 Å². The zero-order valence-electron chi connectivity index (χ0n) is 7.72. The molecule has 0 spiro atoms. The molecule has 0 aliphatic carbocycles. The predicted octanol–water partition coefficient (Wildman–Crippen LogP) is 2.54. The van der Waals surface area contributed by atoms with Crippen LogP contribution in [0, 0.1) is 5.82 Å². The maximum absolute atomic E-state index is 12.9. The Morgan fingerprint density at radius 2 is 2.13 bits per heavy atom. The van der Waals surface area contributed by atoms with Crippen molar-refractivity contribution in [3.8, 4) is 0 Å². The lowest BCUT2D eigenvalue weighted by Crippen LogP contribution is -2.23. The Balaban J connectivity index is 3.38. The lowest BCUT2D eigenvalue weighted by molar-refractivity contribution is 0.582. The highest BCUT2D eigenvalue weighted by molar-refractivity contribution is 9.10. The molecule has 1 aromatic rings. The fraction of sp³-hybridized carbons (Fsp3) is 0.250. The summed E-state index contributed by atoms with van der Waals surface area (Å²) >= 11 is 8.63. The number of sulfonamides is 1. The fourth-order valence-corrected chi connectivity index (χ4v) is 3.90. The first-order valence-electron chi connectivity index (χ1n) is 4.02. The van der Waals surface area contributed by atoms with Gasteiger partial charge in [0.1, 0.15) is 10.7 Å². The first-order valence-corrected chi connectivity index (χ1v) is 6.68. The van der Waals surface area contributed by atoms with Gasteiger partial charge in [-0.2, -0.15) is 0 Å². The smallest absolute Gasteiger partial charge is 0.211 e. The van der Waals surface area contributed by atoms with Gasteiger partial charge in [0.05, 0.1) is 5.02 Å². The van der Waals surface area contributed by atoms with Crippen LogP contribution in [0.1, 0.15) is 6.92 Å². The number of hydrogen-bond acceptors (Lipinski definition) is 2. The van der Waals surface area contributed by atoms with E-state index in [2.05, 4.69) is 20.7 Å². The molecule has 0 atom stereocenters. The number of halogens is 3. The maximum Gasteiger partial charge on any atom is 0.243 e. The third-order valence-electron chi connectivity index (χ3n) is 1.57. The molecule has 0 amide bonds. The molecular formula is C8H8BrClFNO2S. The topological polar surface area (TPSA) is 46.2 Å². The highest BCUT2D eigenvalue weighted by Gasteiger charge is 2.21. The highest BCUT2D eigenvalue weighted by atomic mass is 79.9. The second kappa shape index (κ2) is 4.78. The van der Waals surface area contributed by atoms with E-state index in [1.807, 2.05) is 0 Å². The average Bonchev–Trinajstić information content (AvgIpc) is 1.99. The summed E-state index contributed by atoms with van der Waals surface area (Å²) in [6.45, 7) is 1.88. The van der Waals surface area contributed by atoms with Gasteiger partial charge in [-0.1, -0.05) is 18.5 Å². The molecule has 0 saturated carbocycles. The van der Waals surface area contributed by atoms with Crippen LogP contribution in [-0.4, -0.2) is 15.0 Å². The molecule has 84 valence electrons. The van der Waals surface area contributed by atoms with Crippen LogP contribution in [0.3, 0.4) is 0 Å². The molecule has 0 unspecified atom stereocenters. The third-order valence-corrected chi connectivity index (χ3v) is 4.51. The Kier molecular flexibility index (Phi) is 4.11. The Morgan fingerprint density at radius 1 is 1.53 bits per heavy atom.